The third-order valence-electron chi connectivity index (χ3n) is 5.55. The summed E-state index contributed by atoms with van der Waals surface area (Å²) in [6.45, 7) is 1.84. The molecule has 33 heavy (non-hydrogen) atoms. The summed E-state index contributed by atoms with van der Waals surface area (Å²) < 4.78 is 26.7. The molecule has 10 nitrogen and oxygen atoms in total. The summed E-state index contributed by atoms with van der Waals surface area (Å²) in [6.07, 6.45) is 3.26. The number of amides is 4. The van der Waals surface area contributed by atoms with Crippen molar-refractivity contribution in [2.45, 2.75) is 49.5 Å². The van der Waals surface area contributed by atoms with Crippen molar-refractivity contribution in [1.29, 1.82) is 0 Å². The predicted molar refractivity (Wildman–Crippen MR) is 122 cm³/mol. The first kappa shape index (κ1) is 24.2. The summed E-state index contributed by atoms with van der Waals surface area (Å²) in [4.78, 5) is 35.3. The van der Waals surface area contributed by atoms with E-state index in [9.17, 15) is 22.8 Å². The minimum atomic E-state index is -3.98. The van der Waals surface area contributed by atoms with E-state index in [4.69, 9.17) is 5.84 Å². The molecule has 0 bridgehead atoms. The van der Waals surface area contributed by atoms with Crippen molar-refractivity contribution in [2.24, 2.45) is 5.84 Å². The maximum absolute atomic E-state index is 12.3. The van der Waals surface area contributed by atoms with Crippen LogP contribution in [0.15, 0.2) is 53.4 Å². The summed E-state index contributed by atoms with van der Waals surface area (Å²) in [5.41, 5.74) is 4.19. The van der Waals surface area contributed by atoms with Gasteiger partial charge in [-0.1, -0.05) is 36.2 Å². The molecule has 0 radical (unpaired) electrons. The van der Waals surface area contributed by atoms with E-state index < -0.39 is 27.9 Å². The van der Waals surface area contributed by atoms with Gasteiger partial charge in [-0.05, 0) is 61.9 Å². The van der Waals surface area contributed by atoms with Gasteiger partial charge < -0.3 is 10.6 Å². The van der Waals surface area contributed by atoms with Crippen LogP contribution < -0.4 is 26.6 Å². The van der Waals surface area contributed by atoms with Crippen LogP contribution in [0.25, 0.3) is 0 Å². The first-order chi connectivity index (χ1) is 15.7. The van der Waals surface area contributed by atoms with Crippen LogP contribution in [0.5, 0.6) is 0 Å². The highest BCUT2D eigenvalue weighted by atomic mass is 32.2. The number of benzene rings is 2. The van der Waals surface area contributed by atoms with Crippen LogP contribution in [0.1, 0.15) is 42.7 Å². The fourth-order valence-corrected chi connectivity index (χ4v) is 4.74. The summed E-state index contributed by atoms with van der Waals surface area (Å²) >= 11 is 0. The lowest BCUT2D eigenvalue weighted by Crippen LogP contribution is -2.47. The van der Waals surface area contributed by atoms with Gasteiger partial charge in [-0.25, -0.2) is 23.8 Å². The first-order valence-electron chi connectivity index (χ1n) is 10.5. The number of aryl methyl sites for hydroxylation is 1. The van der Waals surface area contributed by atoms with E-state index >= 15 is 0 Å². The lowest BCUT2D eigenvalue weighted by molar-refractivity contribution is -0.139. The van der Waals surface area contributed by atoms with E-state index in [1.54, 1.807) is 24.3 Å². The first-order valence-corrected chi connectivity index (χ1v) is 12.0. The van der Waals surface area contributed by atoms with Crippen LogP contribution in [0.2, 0.25) is 0 Å². The van der Waals surface area contributed by atoms with Crippen LogP contribution in [-0.2, 0) is 19.6 Å². The largest absolute Gasteiger partial charge is 0.345 e. The van der Waals surface area contributed by atoms with Crippen molar-refractivity contribution in [3.63, 3.8) is 0 Å². The number of carbonyl (C=O) groups is 3. The normalized spacial score (nSPS) is 18.1. The zero-order valence-electron chi connectivity index (χ0n) is 18.1. The number of hydrogen-bond acceptors (Lipinski definition) is 6. The van der Waals surface area contributed by atoms with Crippen molar-refractivity contribution in [2.75, 3.05) is 5.32 Å². The Hall–Kier alpha value is -3.44. The number of hydrogen-bond donors (Lipinski definition) is 5. The van der Waals surface area contributed by atoms with E-state index in [-0.39, 0.29) is 16.9 Å². The van der Waals surface area contributed by atoms with E-state index in [2.05, 4.69) is 10.6 Å². The Bertz CT molecular complexity index is 1120. The summed E-state index contributed by atoms with van der Waals surface area (Å²) in [6, 6.07) is 12.3. The fourth-order valence-electron chi connectivity index (χ4n) is 3.83. The quantitative estimate of drug-likeness (QED) is 0.192. The van der Waals surface area contributed by atoms with Gasteiger partial charge in [0.2, 0.25) is 0 Å². The molecule has 1 fully saturated rings. The van der Waals surface area contributed by atoms with Crippen LogP contribution in [0.3, 0.4) is 0 Å². The molecule has 1 aliphatic rings. The van der Waals surface area contributed by atoms with Crippen LogP contribution in [0, 0.1) is 6.92 Å². The molecule has 1 saturated carbocycles. The predicted octanol–water partition coefficient (Wildman–Crippen LogP) is 1.64. The van der Waals surface area contributed by atoms with Crippen molar-refractivity contribution in [3.05, 3.63) is 59.7 Å². The van der Waals surface area contributed by atoms with Crippen molar-refractivity contribution >= 4 is 33.6 Å². The minimum absolute atomic E-state index is 0.00138. The van der Waals surface area contributed by atoms with Crippen LogP contribution in [0.4, 0.5) is 10.5 Å². The molecule has 2 unspecified atom stereocenters. The second-order valence-electron chi connectivity index (χ2n) is 8.00. The molecule has 4 amide bonds. The summed E-state index contributed by atoms with van der Waals surface area (Å²) in [7, 11) is -3.98. The van der Waals surface area contributed by atoms with E-state index in [1.807, 2.05) is 29.2 Å². The Morgan fingerprint density at radius 1 is 0.939 bits per heavy atom. The highest BCUT2D eigenvalue weighted by Crippen LogP contribution is 2.33. The summed E-state index contributed by atoms with van der Waals surface area (Å²) in [5, 5.41) is 5.21. The van der Waals surface area contributed by atoms with Gasteiger partial charge in [0.25, 0.3) is 10.0 Å². The van der Waals surface area contributed by atoms with E-state index in [0.717, 1.165) is 30.4 Å². The van der Waals surface area contributed by atoms with Crippen LogP contribution >= 0.6 is 0 Å². The van der Waals surface area contributed by atoms with Gasteiger partial charge in [-0.15, -0.1) is 0 Å². The molecule has 2 aromatic rings. The Balaban J connectivity index is 1.57. The average Bonchev–Trinajstić information content (AvgIpc) is 2.79. The molecule has 0 saturated heterocycles. The lowest BCUT2D eigenvalue weighted by atomic mass is 9.81. The topological polar surface area (TPSA) is 159 Å². The Labute approximate surface area is 192 Å². The van der Waals surface area contributed by atoms with Gasteiger partial charge in [0, 0.05) is 11.7 Å². The van der Waals surface area contributed by atoms with Gasteiger partial charge in [0.15, 0.2) is 0 Å². The molecule has 0 aromatic heterocycles. The molecule has 0 spiro atoms. The molecular formula is C22H27N5O5S. The second-order valence-corrected chi connectivity index (χ2v) is 9.68. The number of anilines is 1. The van der Waals surface area contributed by atoms with Crippen molar-refractivity contribution in [3.8, 4) is 0 Å². The second kappa shape index (κ2) is 10.5. The SMILES string of the molecule is Cc1ccc(S(=O)(=O)NC(=O)Nc2ccc(C3CCCC(NC(=O)C(=O)NN)C3)cc2)cc1. The van der Waals surface area contributed by atoms with E-state index in [1.165, 1.54) is 12.1 Å². The molecular weight excluding hydrogens is 446 g/mol. The molecule has 2 atom stereocenters. The molecule has 6 N–H and O–H groups in total. The standard InChI is InChI=1S/C22H27N5O5S/c1-14-5-11-19(12-6-14)33(31,32)27-22(30)25-17-9-7-15(8-10-17)16-3-2-4-18(13-16)24-20(28)21(29)26-23/h5-12,16,18H,2-4,13,23H2,1H3,(H,24,28)(H,26,29)(H2,25,27,30). The highest BCUT2D eigenvalue weighted by molar-refractivity contribution is 7.90. The zero-order chi connectivity index (χ0) is 24.0. The monoisotopic (exact) mass is 473 g/mol. The van der Waals surface area contributed by atoms with E-state index in [0.29, 0.717) is 12.1 Å². The number of nitrogens with two attached hydrogens (primary N) is 1. The van der Waals surface area contributed by atoms with Gasteiger partial charge in [-0.2, -0.15) is 0 Å². The Morgan fingerprint density at radius 2 is 1.61 bits per heavy atom. The van der Waals surface area contributed by atoms with Gasteiger partial charge in [-0.3, -0.25) is 15.0 Å². The van der Waals surface area contributed by atoms with Gasteiger partial charge in [0.1, 0.15) is 0 Å². The smallest absolute Gasteiger partial charge is 0.333 e. The minimum Gasteiger partial charge on any atom is -0.345 e. The Morgan fingerprint density at radius 3 is 2.24 bits per heavy atom. The molecule has 0 aliphatic heterocycles. The molecule has 11 heteroatoms. The van der Waals surface area contributed by atoms with Gasteiger partial charge >= 0.3 is 17.8 Å². The maximum atomic E-state index is 12.3. The van der Waals surface area contributed by atoms with Crippen molar-refractivity contribution < 1.29 is 22.8 Å². The Kier molecular flexibility index (Phi) is 7.67. The molecule has 1 aliphatic carbocycles. The number of hydrazine groups is 1. The number of sulfonamides is 1. The molecule has 2 aromatic carbocycles. The molecule has 176 valence electrons. The maximum Gasteiger partial charge on any atom is 0.333 e. The average molecular weight is 474 g/mol. The molecule has 3 rings (SSSR count). The van der Waals surface area contributed by atoms with Crippen LogP contribution in [-0.4, -0.2) is 32.3 Å². The zero-order valence-corrected chi connectivity index (χ0v) is 18.9. The number of nitrogens with one attached hydrogen (secondary N) is 4. The molecule has 0 heterocycles. The van der Waals surface area contributed by atoms with Crippen molar-refractivity contribution in [1.82, 2.24) is 15.5 Å². The fraction of sp³-hybridized carbons (Fsp3) is 0.318. The third-order valence-corrected chi connectivity index (χ3v) is 6.89. The third kappa shape index (κ3) is 6.53. The van der Waals surface area contributed by atoms with Gasteiger partial charge in [0.05, 0.1) is 4.90 Å². The summed E-state index contributed by atoms with van der Waals surface area (Å²) in [5.74, 6) is 3.53. The number of rotatable bonds is 5. The lowest BCUT2D eigenvalue weighted by Gasteiger charge is -2.30. The number of urea groups is 1. The highest BCUT2D eigenvalue weighted by Gasteiger charge is 2.26. The number of carbonyl (C=O) groups excluding carboxylic acids is 3.